The van der Waals surface area contributed by atoms with Crippen LogP contribution in [0, 0.1) is 17.0 Å². The molecule has 0 spiro atoms. The van der Waals surface area contributed by atoms with E-state index >= 15 is 0 Å². The Morgan fingerprint density at radius 1 is 1.40 bits per heavy atom. The lowest BCUT2D eigenvalue weighted by Crippen LogP contribution is -2.44. The first-order chi connectivity index (χ1) is 14.4. The Morgan fingerprint density at radius 2 is 2.23 bits per heavy atom. The monoisotopic (exact) mass is 410 g/mol. The van der Waals surface area contributed by atoms with Crippen LogP contribution in [0.3, 0.4) is 0 Å². The minimum absolute atomic E-state index is 0.106. The van der Waals surface area contributed by atoms with E-state index in [1.54, 1.807) is 36.1 Å². The molecule has 0 radical (unpaired) electrons. The largest absolute Gasteiger partial charge is 0.373 e. The van der Waals surface area contributed by atoms with Gasteiger partial charge in [-0.15, -0.1) is 0 Å². The SMILES string of the molecule is Cc1cnn(CC2CN(c3ccc(C(=O)c4nccn4C)cc3[N+](=O)[O-])CCO2)c1. The summed E-state index contributed by atoms with van der Waals surface area (Å²) in [5.41, 5.74) is 1.66. The standard InChI is InChI=1S/C20H22N6O4/c1-14-10-22-25(11-14)13-16-12-24(7-8-30-16)17-4-3-15(9-18(17)26(28)29)19(27)20-21-5-6-23(20)2/h3-6,9-11,16H,7-8,12-13H2,1-2H3. The molecule has 156 valence electrons. The van der Waals surface area contributed by atoms with Crippen LogP contribution in [0.5, 0.6) is 0 Å². The molecule has 0 aliphatic carbocycles. The lowest BCUT2D eigenvalue weighted by atomic mass is 10.1. The first kappa shape index (κ1) is 19.8. The van der Waals surface area contributed by atoms with Gasteiger partial charge < -0.3 is 14.2 Å². The number of imidazole rings is 1. The van der Waals surface area contributed by atoms with E-state index in [1.165, 1.54) is 12.3 Å². The average molecular weight is 410 g/mol. The summed E-state index contributed by atoms with van der Waals surface area (Å²) in [5.74, 6) is -0.121. The Labute approximate surface area is 172 Å². The average Bonchev–Trinajstić information content (AvgIpc) is 3.35. The van der Waals surface area contributed by atoms with Crippen molar-refractivity contribution in [2.24, 2.45) is 7.05 Å². The number of morpholine rings is 1. The molecule has 1 aliphatic heterocycles. The number of anilines is 1. The second kappa shape index (κ2) is 8.07. The summed E-state index contributed by atoms with van der Waals surface area (Å²) in [7, 11) is 1.71. The second-order valence-corrected chi connectivity index (χ2v) is 7.33. The Bertz CT molecular complexity index is 1090. The van der Waals surface area contributed by atoms with E-state index in [0.29, 0.717) is 31.9 Å². The molecule has 1 aliphatic rings. The predicted molar refractivity (Wildman–Crippen MR) is 109 cm³/mol. The van der Waals surface area contributed by atoms with Crippen LogP contribution in [0.15, 0.2) is 43.0 Å². The molecule has 2 aromatic heterocycles. The number of ketones is 1. The number of hydrogen-bond donors (Lipinski definition) is 0. The predicted octanol–water partition coefficient (Wildman–Crippen LogP) is 1.97. The quantitative estimate of drug-likeness (QED) is 0.347. The Kier molecular flexibility index (Phi) is 5.32. The fourth-order valence-electron chi connectivity index (χ4n) is 3.62. The van der Waals surface area contributed by atoms with Crippen LogP contribution in [0.25, 0.3) is 0 Å². The molecule has 3 heterocycles. The van der Waals surface area contributed by atoms with Gasteiger partial charge in [-0.25, -0.2) is 4.98 Å². The third-order valence-electron chi connectivity index (χ3n) is 5.09. The van der Waals surface area contributed by atoms with Gasteiger partial charge in [-0.05, 0) is 24.6 Å². The van der Waals surface area contributed by atoms with Gasteiger partial charge in [0.2, 0.25) is 5.78 Å². The number of benzene rings is 1. The summed E-state index contributed by atoms with van der Waals surface area (Å²) in [5, 5.41) is 16.0. The van der Waals surface area contributed by atoms with Gasteiger partial charge in [0.25, 0.3) is 5.69 Å². The zero-order valence-corrected chi connectivity index (χ0v) is 16.8. The molecule has 4 rings (SSSR count). The highest BCUT2D eigenvalue weighted by Gasteiger charge is 2.28. The normalized spacial score (nSPS) is 16.6. The van der Waals surface area contributed by atoms with E-state index in [0.717, 1.165) is 5.56 Å². The molecular formula is C20H22N6O4. The minimum Gasteiger partial charge on any atom is -0.373 e. The fraction of sp³-hybridized carbons (Fsp3) is 0.350. The van der Waals surface area contributed by atoms with Crippen molar-refractivity contribution < 1.29 is 14.5 Å². The lowest BCUT2D eigenvalue weighted by Gasteiger charge is -2.34. The van der Waals surface area contributed by atoms with Gasteiger partial charge in [0.05, 0.1) is 30.4 Å². The van der Waals surface area contributed by atoms with Gasteiger partial charge in [0, 0.05) is 50.4 Å². The Balaban J connectivity index is 1.57. The number of hydrogen-bond acceptors (Lipinski definition) is 7. The smallest absolute Gasteiger partial charge is 0.293 e. The molecule has 0 amide bonds. The maximum atomic E-state index is 12.7. The van der Waals surface area contributed by atoms with E-state index in [-0.39, 0.29) is 29.0 Å². The highest BCUT2D eigenvalue weighted by atomic mass is 16.6. The molecule has 0 saturated carbocycles. The van der Waals surface area contributed by atoms with Crippen molar-refractivity contribution in [1.29, 1.82) is 0 Å². The number of nitro benzene ring substituents is 1. The Hall–Kier alpha value is -3.53. The third-order valence-corrected chi connectivity index (χ3v) is 5.09. The summed E-state index contributed by atoms with van der Waals surface area (Å²) < 4.78 is 9.23. The summed E-state index contributed by atoms with van der Waals surface area (Å²) in [6.07, 6.45) is 6.74. The molecule has 1 fully saturated rings. The van der Waals surface area contributed by atoms with Gasteiger partial charge in [0.15, 0.2) is 5.82 Å². The lowest BCUT2D eigenvalue weighted by molar-refractivity contribution is -0.384. The Morgan fingerprint density at radius 3 is 2.90 bits per heavy atom. The number of aryl methyl sites for hydroxylation is 2. The number of ether oxygens (including phenoxy) is 1. The van der Waals surface area contributed by atoms with Crippen LogP contribution in [0.4, 0.5) is 11.4 Å². The fourth-order valence-corrected chi connectivity index (χ4v) is 3.62. The first-order valence-corrected chi connectivity index (χ1v) is 9.58. The molecule has 1 saturated heterocycles. The molecule has 0 bridgehead atoms. The molecule has 1 atom stereocenters. The number of nitrogens with zero attached hydrogens (tertiary/aromatic N) is 6. The first-order valence-electron chi connectivity index (χ1n) is 9.58. The zero-order valence-electron chi connectivity index (χ0n) is 16.8. The van der Waals surface area contributed by atoms with Crippen LogP contribution in [-0.4, -0.2) is 55.8 Å². The molecule has 1 aromatic carbocycles. The molecule has 10 nitrogen and oxygen atoms in total. The highest BCUT2D eigenvalue weighted by Crippen LogP contribution is 2.31. The maximum absolute atomic E-state index is 12.7. The summed E-state index contributed by atoms with van der Waals surface area (Å²) in [6, 6.07) is 4.57. The topological polar surface area (TPSA) is 108 Å². The van der Waals surface area contributed by atoms with Crippen LogP contribution in [0.2, 0.25) is 0 Å². The van der Waals surface area contributed by atoms with Gasteiger partial charge in [-0.2, -0.15) is 5.10 Å². The second-order valence-electron chi connectivity index (χ2n) is 7.33. The van der Waals surface area contributed by atoms with E-state index in [1.807, 2.05) is 22.7 Å². The van der Waals surface area contributed by atoms with Crippen molar-refractivity contribution in [3.63, 3.8) is 0 Å². The third kappa shape index (κ3) is 3.94. The van der Waals surface area contributed by atoms with Crippen LogP contribution in [0.1, 0.15) is 21.7 Å². The number of carbonyl (C=O) groups excluding carboxylic acids is 1. The molecule has 10 heteroatoms. The minimum atomic E-state index is -0.453. The molecule has 0 N–H and O–H groups in total. The van der Waals surface area contributed by atoms with E-state index in [9.17, 15) is 14.9 Å². The van der Waals surface area contributed by atoms with Gasteiger partial charge in [0.1, 0.15) is 5.69 Å². The van der Waals surface area contributed by atoms with Gasteiger partial charge in [-0.1, -0.05) is 0 Å². The van der Waals surface area contributed by atoms with Gasteiger partial charge >= 0.3 is 0 Å². The van der Waals surface area contributed by atoms with Crippen molar-refractivity contribution in [3.05, 3.63) is 70.1 Å². The maximum Gasteiger partial charge on any atom is 0.293 e. The van der Waals surface area contributed by atoms with Gasteiger partial charge in [-0.3, -0.25) is 19.6 Å². The van der Waals surface area contributed by atoms with E-state index in [2.05, 4.69) is 10.1 Å². The highest BCUT2D eigenvalue weighted by molar-refractivity contribution is 6.07. The van der Waals surface area contributed by atoms with Crippen LogP contribution in [-0.2, 0) is 18.3 Å². The van der Waals surface area contributed by atoms with Crippen LogP contribution >= 0.6 is 0 Å². The number of nitro groups is 1. The number of aromatic nitrogens is 4. The molecule has 30 heavy (non-hydrogen) atoms. The summed E-state index contributed by atoms with van der Waals surface area (Å²) in [4.78, 5) is 30.0. The summed E-state index contributed by atoms with van der Waals surface area (Å²) >= 11 is 0. The van der Waals surface area contributed by atoms with Crippen molar-refractivity contribution >= 4 is 17.2 Å². The van der Waals surface area contributed by atoms with E-state index < -0.39 is 4.92 Å². The number of rotatable bonds is 6. The number of carbonyl (C=O) groups is 1. The van der Waals surface area contributed by atoms with Crippen molar-refractivity contribution in [3.8, 4) is 0 Å². The summed E-state index contributed by atoms with van der Waals surface area (Å²) in [6.45, 7) is 4.01. The molecule has 1 unspecified atom stereocenters. The van der Waals surface area contributed by atoms with Crippen molar-refractivity contribution in [1.82, 2.24) is 19.3 Å². The molecule has 3 aromatic rings. The zero-order chi connectivity index (χ0) is 21.3. The van der Waals surface area contributed by atoms with Crippen molar-refractivity contribution in [2.75, 3.05) is 24.6 Å². The van der Waals surface area contributed by atoms with Crippen molar-refractivity contribution in [2.45, 2.75) is 19.6 Å². The van der Waals surface area contributed by atoms with E-state index in [4.69, 9.17) is 4.74 Å². The van der Waals surface area contributed by atoms with Crippen LogP contribution < -0.4 is 4.90 Å². The molecular weight excluding hydrogens is 388 g/mol.